The number of nitrogens with zero attached hydrogens (tertiary/aromatic N) is 1. The summed E-state index contributed by atoms with van der Waals surface area (Å²) < 4.78 is 0. The van der Waals surface area contributed by atoms with Gasteiger partial charge in [-0.15, -0.1) is 0 Å². The lowest BCUT2D eigenvalue weighted by Crippen LogP contribution is -2.42. The normalized spacial score (nSPS) is 22.4. The number of aliphatic hydroxyl groups excluding tert-OH is 1. The second-order valence-electron chi connectivity index (χ2n) is 5.54. The Balaban J connectivity index is 1.95. The Kier molecular flexibility index (Phi) is 5.60. The van der Waals surface area contributed by atoms with Crippen LogP contribution in [0.15, 0.2) is 24.3 Å². The number of likely N-dealkylation sites (N-methyl/N-ethyl adjacent to an activating group) is 1. The third-order valence-corrected chi connectivity index (χ3v) is 3.98. The van der Waals surface area contributed by atoms with Gasteiger partial charge in [-0.2, -0.15) is 0 Å². The molecule has 2 unspecified atom stereocenters. The first kappa shape index (κ1) is 15.1. The van der Waals surface area contributed by atoms with E-state index in [2.05, 4.69) is 35.9 Å². The molecule has 1 aromatic carbocycles. The van der Waals surface area contributed by atoms with Crippen LogP contribution in [0.25, 0.3) is 0 Å². The number of nitrogens with two attached hydrogens (primary N) is 1. The lowest BCUT2D eigenvalue weighted by Gasteiger charge is -2.35. The van der Waals surface area contributed by atoms with Gasteiger partial charge in [0.2, 0.25) is 0 Å². The van der Waals surface area contributed by atoms with Crippen molar-refractivity contribution in [3.05, 3.63) is 35.4 Å². The summed E-state index contributed by atoms with van der Waals surface area (Å²) in [5.41, 5.74) is 7.62. The minimum Gasteiger partial charge on any atom is -0.391 e. The lowest BCUT2D eigenvalue weighted by atomic mass is 9.91. The minimum absolute atomic E-state index is 0.177. The Labute approximate surface area is 121 Å². The third-order valence-electron chi connectivity index (χ3n) is 3.98. The summed E-state index contributed by atoms with van der Waals surface area (Å²) >= 11 is 0. The van der Waals surface area contributed by atoms with Crippen molar-refractivity contribution in [1.82, 2.24) is 4.90 Å². The summed E-state index contributed by atoms with van der Waals surface area (Å²) in [5.74, 6) is 5.88. The number of aliphatic hydroxyl groups is 1. The van der Waals surface area contributed by atoms with Crippen molar-refractivity contribution in [2.24, 2.45) is 5.73 Å². The highest BCUT2D eigenvalue weighted by atomic mass is 16.3. The van der Waals surface area contributed by atoms with Crippen molar-refractivity contribution in [2.45, 2.75) is 44.4 Å². The molecule has 108 valence electrons. The maximum absolute atomic E-state index is 10.1. The van der Waals surface area contributed by atoms with E-state index in [1.165, 1.54) is 12.0 Å². The van der Waals surface area contributed by atoms with Crippen LogP contribution in [0, 0.1) is 11.8 Å². The molecule has 0 heterocycles. The minimum atomic E-state index is -0.177. The first-order chi connectivity index (χ1) is 9.70. The molecule has 0 spiro atoms. The van der Waals surface area contributed by atoms with Gasteiger partial charge in [0.1, 0.15) is 0 Å². The van der Waals surface area contributed by atoms with E-state index >= 15 is 0 Å². The van der Waals surface area contributed by atoms with Crippen molar-refractivity contribution in [1.29, 1.82) is 0 Å². The zero-order valence-corrected chi connectivity index (χ0v) is 12.2. The first-order valence-corrected chi connectivity index (χ1v) is 7.37. The third kappa shape index (κ3) is 4.08. The van der Waals surface area contributed by atoms with Crippen molar-refractivity contribution >= 4 is 0 Å². The van der Waals surface area contributed by atoms with Crippen molar-refractivity contribution in [3.8, 4) is 11.8 Å². The second kappa shape index (κ2) is 7.44. The van der Waals surface area contributed by atoms with Crippen LogP contribution >= 0.6 is 0 Å². The highest BCUT2D eigenvalue weighted by Gasteiger charge is 2.26. The molecular formula is C17H24N2O. The number of rotatable bonds is 3. The molecule has 2 rings (SSSR count). The van der Waals surface area contributed by atoms with E-state index < -0.39 is 0 Å². The van der Waals surface area contributed by atoms with Gasteiger partial charge in [0.05, 0.1) is 12.6 Å². The second-order valence-corrected chi connectivity index (χ2v) is 5.54. The number of benzene rings is 1. The molecule has 0 saturated heterocycles. The topological polar surface area (TPSA) is 49.5 Å². The molecule has 1 aliphatic rings. The fourth-order valence-corrected chi connectivity index (χ4v) is 2.86. The molecular weight excluding hydrogens is 248 g/mol. The van der Waals surface area contributed by atoms with E-state index in [4.69, 9.17) is 5.73 Å². The van der Waals surface area contributed by atoms with Crippen molar-refractivity contribution < 1.29 is 5.11 Å². The summed E-state index contributed by atoms with van der Waals surface area (Å²) in [6.45, 7) is 1.26. The summed E-state index contributed by atoms with van der Waals surface area (Å²) in [4.78, 5) is 2.27. The Morgan fingerprint density at radius 3 is 2.60 bits per heavy atom. The zero-order chi connectivity index (χ0) is 14.4. The molecule has 1 aliphatic carbocycles. The van der Waals surface area contributed by atoms with Gasteiger partial charge < -0.3 is 10.8 Å². The lowest BCUT2D eigenvalue weighted by molar-refractivity contribution is 0.0288. The smallest absolute Gasteiger partial charge is 0.0695 e. The largest absolute Gasteiger partial charge is 0.391 e. The van der Waals surface area contributed by atoms with Crippen LogP contribution < -0.4 is 5.73 Å². The van der Waals surface area contributed by atoms with Crippen LogP contribution in [-0.4, -0.2) is 35.7 Å². The van der Waals surface area contributed by atoms with Gasteiger partial charge in [0.25, 0.3) is 0 Å². The Morgan fingerprint density at radius 2 is 1.95 bits per heavy atom. The monoisotopic (exact) mass is 272 g/mol. The molecule has 0 amide bonds. The van der Waals surface area contributed by atoms with E-state index in [0.29, 0.717) is 12.6 Å². The quantitative estimate of drug-likeness (QED) is 0.824. The molecule has 0 radical (unpaired) electrons. The molecule has 0 bridgehead atoms. The number of hydrogen-bond acceptors (Lipinski definition) is 3. The Hall–Kier alpha value is -1.34. The summed E-state index contributed by atoms with van der Waals surface area (Å²) in [6, 6.07) is 8.56. The molecule has 1 aromatic rings. The SMILES string of the molecule is CN(Cc1ccc(C#CCN)cc1)C1CCCCC1O. The molecule has 2 atom stereocenters. The van der Waals surface area contributed by atoms with E-state index in [1.54, 1.807) is 0 Å². The van der Waals surface area contributed by atoms with Gasteiger partial charge in [-0.1, -0.05) is 36.8 Å². The molecule has 0 aliphatic heterocycles. The van der Waals surface area contributed by atoms with E-state index in [9.17, 15) is 5.11 Å². The van der Waals surface area contributed by atoms with E-state index in [0.717, 1.165) is 31.4 Å². The molecule has 3 nitrogen and oxygen atoms in total. The average molecular weight is 272 g/mol. The summed E-state index contributed by atoms with van der Waals surface area (Å²) in [6.07, 6.45) is 4.23. The van der Waals surface area contributed by atoms with Crippen LogP contribution in [-0.2, 0) is 6.54 Å². The Bertz CT molecular complexity index is 472. The number of hydrogen-bond donors (Lipinski definition) is 2. The fraction of sp³-hybridized carbons (Fsp3) is 0.529. The molecule has 1 saturated carbocycles. The van der Waals surface area contributed by atoms with Gasteiger partial charge in [-0.05, 0) is 37.6 Å². The highest BCUT2D eigenvalue weighted by Crippen LogP contribution is 2.23. The summed E-state index contributed by atoms with van der Waals surface area (Å²) in [7, 11) is 2.10. The molecule has 0 aromatic heterocycles. The van der Waals surface area contributed by atoms with Crippen LogP contribution in [0.4, 0.5) is 0 Å². The Morgan fingerprint density at radius 1 is 1.25 bits per heavy atom. The average Bonchev–Trinajstić information content (AvgIpc) is 2.47. The molecule has 3 N–H and O–H groups in total. The van der Waals surface area contributed by atoms with Gasteiger partial charge in [0.15, 0.2) is 0 Å². The van der Waals surface area contributed by atoms with Gasteiger partial charge in [-0.25, -0.2) is 0 Å². The standard InChI is InChI=1S/C17H24N2O/c1-19(16-6-2-3-7-17(16)20)13-15-10-8-14(9-11-15)5-4-12-18/h8-11,16-17,20H,2-3,6-7,12-13,18H2,1H3. The zero-order valence-electron chi connectivity index (χ0n) is 12.2. The van der Waals surface area contributed by atoms with E-state index in [1.807, 2.05) is 12.1 Å². The van der Waals surface area contributed by atoms with Gasteiger partial charge >= 0.3 is 0 Å². The highest BCUT2D eigenvalue weighted by molar-refractivity contribution is 5.36. The van der Waals surface area contributed by atoms with Crippen molar-refractivity contribution in [2.75, 3.05) is 13.6 Å². The van der Waals surface area contributed by atoms with Crippen LogP contribution in [0.5, 0.6) is 0 Å². The van der Waals surface area contributed by atoms with Crippen LogP contribution in [0.1, 0.15) is 36.8 Å². The van der Waals surface area contributed by atoms with Crippen LogP contribution in [0.3, 0.4) is 0 Å². The van der Waals surface area contributed by atoms with E-state index in [-0.39, 0.29) is 6.10 Å². The molecule has 20 heavy (non-hydrogen) atoms. The van der Waals surface area contributed by atoms with Crippen LogP contribution in [0.2, 0.25) is 0 Å². The fourth-order valence-electron chi connectivity index (χ4n) is 2.86. The molecule has 3 heteroatoms. The molecule has 1 fully saturated rings. The van der Waals surface area contributed by atoms with Gasteiger partial charge in [-0.3, -0.25) is 4.90 Å². The maximum Gasteiger partial charge on any atom is 0.0695 e. The predicted octanol–water partition coefficient (Wildman–Crippen LogP) is 1.73. The van der Waals surface area contributed by atoms with Gasteiger partial charge in [0, 0.05) is 18.2 Å². The maximum atomic E-state index is 10.1. The summed E-state index contributed by atoms with van der Waals surface area (Å²) in [5, 5.41) is 10.1. The first-order valence-electron chi connectivity index (χ1n) is 7.37. The predicted molar refractivity (Wildman–Crippen MR) is 82.1 cm³/mol. The van der Waals surface area contributed by atoms with Crippen molar-refractivity contribution in [3.63, 3.8) is 0 Å².